The van der Waals surface area contributed by atoms with Gasteiger partial charge in [0, 0.05) is 25.9 Å². The molecule has 2 N–H and O–H groups in total. The highest BCUT2D eigenvalue weighted by atomic mass is 15.1. The van der Waals surface area contributed by atoms with Crippen molar-refractivity contribution in [2.75, 3.05) is 24.2 Å². The molecule has 116 valence electrons. The first-order valence-electron chi connectivity index (χ1n) is 8.07. The summed E-state index contributed by atoms with van der Waals surface area (Å²) in [4.78, 5) is 13.4. The van der Waals surface area contributed by atoms with Crippen molar-refractivity contribution in [2.24, 2.45) is 5.92 Å². The van der Waals surface area contributed by atoms with E-state index in [0.717, 1.165) is 29.7 Å². The second-order valence-electron chi connectivity index (χ2n) is 5.81. The molecule has 2 heterocycles. The summed E-state index contributed by atoms with van der Waals surface area (Å²) in [5, 5.41) is 6.51. The van der Waals surface area contributed by atoms with Gasteiger partial charge in [-0.05, 0) is 30.9 Å². The molecule has 2 aromatic rings. The summed E-state index contributed by atoms with van der Waals surface area (Å²) >= 11 is 0. The largest absolute Gasteiger partial charge is 0.370 e. The number of aromatic nitrogens is 3. The lowest BCUT2D eigenvalue weighted by Gasteiger charge is -2.22. The van der Waals surface area contributed by atoms with E-state index in [9.17, 15) is 0 Å². The Morgan fingerprint density at radius 3 is 2.68 bits per heavy atom. The van der Waals surface area contributed by atoms with E-state index in [0.29, 0.717) is 5.95 Å². The van der Waals surface area contributed by atoms with Crippen LogP contribution in [-0.2, 0) is 0 Å². The molecule has 0 atom stereocenters. The number of anilines is 2. The lowest BCUT2D eigenvalue weighted by atomic mass is 9.89. The predicted octanol–water partition coefficient (Wildman–Crippen LogP) is 3.57. The average molecular weight is 297 g/mol. The van der Waals surface area contributed by atoms with Crippen molar-refractivity contribution < 1.29 is 0 Å². The second kappa shape index (κ2) is 7.20. The fraction of sp³-hybridized carbons (Fsp3) is 0.471. The molecule has 0 unspecified atom stereocenters. The Balaban J connectivity index is 1.75. The number of pyridine rings is 1. The molecule has 0 spiro atoms. The van der Waals surface area contributed by atoms with Crippen LogP contribution in [0.2, 0.25) is 0 Å². The molecule has 1 aliphatic rings. The quantitative estimate of drug-likeness (QED) is 0.883. The molecule has 2 aromatic heterocycles. The van der Waals surface area contributed by atoms with E-state index in [1.165, 1.54) is 32.1 Å². The molecule has 0 aromatic carbocycles. The third kappa shape index (κ3) is 3.72. The topological polar surface area (TPSA) is 62.7 Å². The van der Waals surface area contributed by atoms with Crippen LogP contribution in [0.25, 0.3) is 11.4 Å². The number of hydrogen-bond donors (Lipinski definition) is 2. The van der Waals surface area contributed by atoms with Gasteiger partial charge in [-0.25, -0.2) is 4.98 Å². The maximum absolute atomic E-state index is 4.50. The molecule has 1 aliphatic carbocycles. The minimum absolute atomic E-state index is 0.620. The molecule has 0 radical (unpaired) electrons. The lowest BCUT2D eigenvalue weighted by molar-refractivity contribution is 0.373. The van der Waals surface area contributed by atoms with Crippen molar-refractivity contribution >= 4 is 11.8 Å². The van der Waals surface area contributed by atoms with Crippen LogP contribution in [0.3, 0.4) is 0 Å². The van der Waals surface area contributed by atoms with Gasteiger partial charge in [-0.2, -0.15) is 4.98 Å². The van der Waals surface area contributed by atoms with E-state index >= 15 is 0 Å². The Morgan fingerprint density at radius 1 is 1.09 bits per heavy atom. The average Bonchev–Trinajstić information content (AvgIpc) is 2.61. The van der Waals surface area contributed by atoms with Crippen LogP contribution in [0.5, 0.6) is 0 Å². The monoisotopic (exact) mass is 297 g/mol. The Kier molecular flexibility index (Phi) is 4.83. The Hall–Kier alpha value is -2.17. The van der Waals surface area contributed by atoms with Crippen LogP contribution in [0.4, 0.5) is 11.8 Å². The first-order valence-corrected chi connectivity index (χ1v) is 8.07. The van der Waals surface area contributed by atoms with Crippen LogP contribution < -0.4 is 10.6 Å². The zero-order valence-electron chi connectivity index (χ0n) is 13.0. The third-order valence-electron chi connectivity index (χ3n) is 4.17. The lowest BCUT2D eigenvalue weighted by Crippen LogP contribution is -2.18. The molecular weight excluding hydrogens is 274 g/mol. The first-order chi connectivity index (χ1) is 10.8. The second-order valence-corrected chi connectivity index (χ2v) is 5.81. The van der Waals surface area contributed by atoms with E-state index in [1.807, 2.05) is 31.3 Å². The molecular formula is C17H23N5. The molecule has 0 bridgehead atoms. The van der Waals surface area contributed by atoms with Crippen molar-refractivity contribution in [1.29, 1.82) is 0 Å². The summed E-state index contributed by atoms with van der Waals surface area (Å²) in [6.07, 6.45) is 8.53. The van der Waals surface area contributed by atoms with Crippen molar-refractivity contribution in [3.8, 4) is 11.4 Å². The van der Waals surface area contributed by atoms with E-state index in [-0.39, 0.29) is 0 Å². The number of rotatable bonds is 5. The van der Waals surface area contributed by atoms with Gasteiger partial charge in [0.15, 0.2) is 0 Å². The number of nitrogens with zero attached hydrogens (tertiary/aromatic N) is 3. The molecule has 1 fully saturated rings. The number of nitrogens with one attached hydrogen (secondary N) is 2. The maximum atomic E-state index is 4.50. The summed E-state index contributed by atoms with van der Waals surface area (Å²) < 4.78 is 0. The summed E-state index contributed by atoms with van der Waals surface area (Å²) in [5.41, 5.74) is 1.70. The van der Waals surface area contributed by atoms with Gasteiger partial charge < -0.3 is 10.6 Å². The van der Waals surface area contributed by atoms with Crippen molar-refractivity contribution in [1.82, 2.24) is 15.0 Å². The summed E-state index contributed by atoms with van der Waals surface area (Å²) in [5.74, 6) is 2.25. The van der Waals surface area contributed by atoms with Crippen LogP contribution in [0.1, 0.15) is 32.1 Å². The van der Waals surface area contributed by atoms with Crippen LogP contribution >= 0.6 is 0 Å². The van der Waals surface area contributed by atoms with Gasteiger partial charge in [0.1, 0.15) is 5.82 Å². The first kappa shape index (κ1) is 14.8. The zero-order valence-corrected chi connectivity index (χ0v) is 13.0. The van der Waals surface area contributed by atoms with E-state index < -0.39 is 0 Å². The fourth-order valence-corrected chi connectivity index (χ4v) is 2.94. The highest BCUT2D eigenvalue weighted by molar-refractivity contribution is 5.60. The van der Waals surface area contributed by atoms with Crippen molar-refractivity contribution in [3.05, 3.63) is 30.5 Å². The fourth-order valence-electron chi connectivity index (χ4n) is 2.94. The Bertz CT molecular complexity index is 593. The van der Waals surface area contributed by atoms with Gasteiger partial charge in [0.2, 0.25) is 5.95 Å². The molecule has 0 aliphatic heterocycles. The van der Waals surface area contributed by atoms with Gasteiger partial charge >= 0.3 is 0 Å². The van der Waals surface area contributed by atoms with Gasteiger partial charge in [-0.1, -0.05) is 25.3 Å². The van der Waals surface area contributed by atoms with Crippen molar-refractivity contribution in [2.45, 2.75) is 32.1 Å². The van der Waals surface area contributed by atoms with E-state index in [2.05, 4.69) is 25.6 Å². The van der Waals surface area contributed by atoms with Crippen LogP contribution in [0.15, 0.2) is 30.5 Å². The maximum Gasteiger partial charge on any atom is 0.224 e. The van der Waals surface area contributed by atoms with Crippen molar-refractivity contribution in [3.63, 3.8) is 0 Å². The van der Waals surface area contributed by atoms with Gasteiger partial charge in [0.05, 0.1) is 11.4 Å². The standard InChI is InChI=1S/C17H23N5/c1-18-17-21-15(14-9-5-6-10-19-14)11-16(22-17)20-12-13-7-3-2-4-8-13/h5-6,9-11,13H,2-4,7-8,12H2,1H3,(H2,18,20,21,22). The molecule has 5 nitrogen and oxygen atoms in total. The third-order valence-corrected chi connectivity index (χ3v) is 4.17. The van der Waals surface area contributed by atoms with Gasteiger partial charge in [-0.15, -0.1) is 0 Å². The summed E-state index contributed by atoms with van der Waals surface area (Å²) in [7, 11) is 1.84. The SMILES string of the molecule is CNc1nc(NCC2CCCCC2)cc(-c2ccccn2)n1. The Morgan fingerprint density at radius 2 is 1.95 bits per heavy atom. The van der Waals surface area contributed by atoms with Crippen LogP contribution in [-0.4, -0.2) is 28.5 Å². The highest BCUT2D eigenvalue weighted by Crippen LogP contribution is 2.25. The van der Waals surface area contributed by atoms with E-state index in [4.69, 9.17) is 0 Å². The highest BCUT2D eigenvalue weighted by Gasteiger charge is 2.14. The number of hydrogen-bond acceptors (Lipinski definition) is 5. The minimum Gasteiger partial charge on any atom is -0.370 e. The summed E-state index contributed by atoms with van der Waals surface area (Å²) in [6.45, 7) is 0.988. The van der Waals surface area contributed by atoms with Crippen LogP contribution in [0, 0.1) is 5.92 Å². The predicted molar refractivity (Wildman–Crippen MR) is 89.9 cm³/mol. The normalized spacial score (nSPS) is 15.5. The van der Waals surface area contributed by atoms with E-state index in [1.54, 1.807) is 6.20 Å². The van der Waals surface area contributed by atoms with Gasteiger partial charge in [-0.3, -0.25) is 4.98 Å². The summed E-state index contributed by atoms with van der Waals surface area (Å²) in [6, 6.07) is 7.82. The molecule has 1 saturated carbocycles. The molecule has 0 amide bonds. The molecule has 3 rings (SSSR count). The Labute approximate surface area is 131 Å². The smallest absolute Gasteiger partial charge is 0.224 e. The molecule has 5 heteroatoms. The molecule has 0 saturated heterocycles. The molecule has 22 heavy (non-hydrogen) atoms. The minimum atomic E-state index is 0.620. The van der Waals surface area contributed by atoms with Gasteiger partial charge in [0.25, 0.3) is 0 Å². The zero-order chi connectivity index (χ0) is 15.2.